The third-order valence-corrected chi connectivity index (χ3v) is 4.91. The monoisotopic (exact) mass is 364 g/mol. The van der Waals surface area contributed by atoms with E-state index in [1.54, 1.807) is 42.6 Å². The van der Waals surface area contributed by atoms with Gasteiger partial charge in [-0.05, 0) is 52.0 Å². The maximum Gasteiger partial charge on any atom is 0.270 e. The van der Waals surface area contributed by atoms with Gasteiger partial charge in [0.05, 0.1) is 5.69 Å². The van der Waals surface area contributed by atoms with Gasteiger partial charge in [0.2, 0.25) is 4.96 Å². The Morgan fingerprint density at radius 1 is 1.29 bits per heavy atom. The lowest BCUT2D eigenvalue weighted by Gasteiger charge is -2.24. The van der Waals surface area contributed by atoms with Gasteiger partial charge in [-0.15, -0.1) is 5.10 Å². The summed E-state index contributed by atoms with van der Waals surface area (Å²) in [7, 11) is 0. The second-order valence-electron chi connectivity index (χ2n) is 5.89. The Hall–Kier alpha value is -2.12. The zero-order chi connectivity index (χ0) is 17.5. The van der Waals surface area contributed by atoms with Crippen molar-refractivity contribution >= 4 is 39.8 Å². The molecule has 0 unspecified atom stereocenters. The van der Waals surface area contributed by atoms with Gasteiger partial charge in [-0.25, -0.2) is 4.52 Å². The molecule has 2 heterocycles. The Labute approximate surface area is 148 Å². The summed E-state index contributed by atoms with van der Waals surface area (Å²) in [4.78, 5) is 18.7. The smallest absolute Gasteiger partial charge is 0.270 e. The van der Waals surface area contributed by atoms with Crippen molar-refractivity contribution in [2.75, 3.05) is 5.32 Å². The zero-order valence-corrected chi connectivity index (χ0v) is 15.3. The van der Waals surface area contributed by atoms with Gasteiger partial charge in [-0.3, -0.25) is 10.1 Å². The number of nitrogens with zero attached hydrogens (tertiary/aromatic N) is 3. The molecule has 2 aromatic heterocycles. The van der Waals surface area contributed by atoms with E-state index in [1.807, 2.05) is 13.8 Å². The van der Waals surface area contributed by atoms with Crippen LogP contribution >= 0.6 is 22.9 Å². The highest BCUT2D eigenvalue weighted by Crippen LogP contribution is 2.23. The molecule has 1 amide bonds. The standard InChI is InChI=1S/C16H17ClN4O2S/c1-9-10(2)24-15-19-14(20-21(9)15)18-13(22)16(3,4)23-12-7-5-11(17)6-8-12/h5-8H,1-4H3,(H,18,20,22). The van der Waals surface area contributed by atoms with Gasteiger partial charge in [0.15, 0.2) is 5.60 Å². The van der Waals surface area contributed by atoms with Crippen molar-refractivity contribution in [2.45, 2.75) is 33.3 Å². The van der Waals surface area contributed by atoms with E-state index < -0.39 is 5.60 Å². The van der Waals surface area contributed by atoms with Gasteiger partial charge >= 0.3 is 0 Å². The van der Waals surface area contributed by atoms with Gasteiger partial charge in [-0.1, -0.05) is 22.9 Å². The minimum absolute atomic E-state index is 0.266. The summed E-state index contributed by atoms with van der Waals surface area (Å²) in [5.74, 6) is 0.497. The number of thiazole rings is 1. The van der Waals surface area contributed by atoms with Crippen molar-refractivity contribution in [3.05, 3.63) is 39.9 Å². The van der Waals surface area contributed by atoms with Crippen LogP contribution in [0.25, 0.3) is 4.96 Å². The first-order chi connectivity index (χ1) is 11.3. The summed E-state index contributed by atoms with van der Waals surface area (Å²) in [6.45, 7) is 7.35. The molecule has 0 aliphatic rings. The first kappa shape index (κ1) is 16.7. The third-order valence-electron chi connectivity index (χ3n) is 3.61. The van der Waals surface area contributed by atoms with Crippen LogP contribution in [0.15, 0.2) is 24.3 Å². The van der Waals surface area contributed by atoms with Crippen LogP contribution in [-0.4, -0.2) is 26.1 Å². The summed E-state index contributed by atoms with van der Waals surface area (Å²) in [6.07, 6.45) is 0. The van der Waals surface area contributed by atoms with E-state index in [0.29, 0.717) is 10.8 Å². The van der Waals surface area contributed by atoms with E-state index in [-0.39, 0.29) is 11.9 Å². The Bertz CT molecular complexity index is 899. The Morgan fingerprint density at radius 2 is 1.96 bits per heavy atom. The topological polar surface area (TPSA) is 68.5 Å². The number of hydrogen-bond acceptors (Lipinski definition) is 5. The molecule has 1 N–H and O–H groups in total. The lowest BCUT2D eigenvalue weighted by Crippen LogP contribution is -2.42. The molecule has 0 fully saturated rings. The number of anilines is 1. The number of aromatic nitrogens is 3. The highest BCUT2D eigenvalue weighted by molar-refractivity contribution is 7.17. The maximum absolute atomic E-state index is 12.5. The number of benzene rings is 1. The molecule has 0 aliphatic carbocycles. The normalized spacial score (nSPS) is 11.7. The number of hydrogen-bond donors (Lipinski definition) is 1. The highest BCUT2D eigenvalue weighted by atomic mass is 35.5. The van der Waals surface area contributed by atoms with E-state index in [1.165, 1.54) is 11.3 Å². The summed E-state index contributed by atoms with van der Waals surface area (Å²) in [5, 5.41) is 7.63. The lowest BCUT2D eigenvalue weighted by atomic mass is 10.1. The molecule has 0 bridgehead atoms. The van der Waals surface area contributed by atoms with Crippen molar-refractivity contribution in [2.24, 2.45) is 0 Å². The minimum atomic E-state index is -1.09. The fourth-order valence-corrected chi connectivity index (χ4v) is 3.12. The van der Waals surface area contributed by atoms with Gasteiger partial charge in [0.25, 0.3) is 11.9 Å². The number of aryl methyl sites for hydroxylation is 2. The van der Waals surface area contributed by atoms with E-state index in [0.717, 1.165) is 15.5 Å². The summed E-state index contributed by atoms with van der Waals surface area (Å²) in [5.41, 5.74) is -0.0722. The SMILES string of the molecule is Cc1sc2nc(NC(=O)C(C)(C)Oc3ccc(Cl)cc3)nn2c1C. The largest absolute Gasteiger partial charge is 0.478 e. The van der Waals surface area contributed by atoms with Crippen molar-refractivity contribution in [1.29, 1.82) is 0 Å². The van der Waals surface area contributed by atoms with E-state index in [9.17, 15) is 4.79 Å². The second kappa shape index (κ2) is 6.07. The van der Waals surface area contributed by atoms with Crippen LogP contribution in [-0.2, 0) is 4.79 Å². The molecular weight excluding hydrogens is 348 g/mol. The van der Waals surface area contributed by atoms with Gasteiger partial charge in [0, 0.05) is 9.90 Å². The second-order valence-corrected chi connectivity index (χ2v) is 7.51. The molecule has 8 heteroatoms. The number of amides is 1. The highest BCUT2D eigenvalue weighted by Gasteiger charge is 2.31. The molecule has 3 aromatic rings. The van der Waals surface area contributed by atoms with Gasteiger partial charge < -0.3 is 4.74 Å². The average Bonchev–Trinajstić information content (AvgIpc) is 3.01. The number of ether oxygens (including phenoxy) is 1. The lowest BCUT2D eigenvalue weighted by molar-refractivity contribution is -0.128. The van der Waals surface area contributed by atoms with Crippen LogP contribution in [0.2, 0.25) is 5.02 Å². The predicted molar refractivity (Wildman–Crippen MR) is 95.1 cm³/mol. The van der Waals surface area contributed by atoms with Crippen LogP contribution in [0.1, 0.15) is 24.4 Å². The van der Waals surface area contributed by atoms with Crippen molar-refractivity contribution in [3.8, 4) is 5.75 Å². The molecular formula is C16H17ClN4O2S. The number of halogens is 1. The minimum Gasteiger partial charge on any atom is -0.478 e. The first-order valence-corrected chi connectivity index (χ1v) is 8.54. The zero-order valence-electron chi connectivity index (χ0n) is 13.8. The van der Waals surface area contributed by atoms with E-state index in [4.69, 9.17) is 16.3 Å². The molecule has 0 spiro atoms. The quantitative estimate of drug-likeness (QED) is 0.763. The number of carbonyl (C=O) groups is 1. The fraction of sp³-hybridized carbons (Fsp3) is 0.312. The fourth-order valence-electron chi connectivity index (χ4n) is 2.09. The van der Waals surface area contributed by atoms with Crippen LogP contribution in [0.4, 0.5) is 5.95 Å². The molecule has 0 aliphatic heterocycles. The van der Waals surface area contributed by atoms with Gasteiger partial charge in [-0.2, -0.15) is 4.98 Å². The van der Waals surface area contributed by atoms with Crippen molar-refractivity contribution in [3.63, 3.8) is 0 Å². The van der Waals surface area contributed by atoms with Crippen molar-refractivity contribution in [1.82, 2.24) is 14.6 Å². The van der Waals surface area contributed by atoms with Crippen LogP contribution < -0.4 is 10.1 Å². The predicted octanol–water partition coefficient (Wildman–Crippen LogP) is 3.86. The molecule has 0 atom stereocenters. The number of rotatable bonds is 4. The molecule has 24 heavy (non-hydrogen) atoms. The molecule has 0 saturated carbocycles. The van der Waals surface area contributed by atoms with E-state index >= 15 is 0 Å². The van der Waals surface area contributed by atoms with Gasteiger partial charge in [0.1, 0.15) is 5.75 Å². The number of carbonyl (C=O) groups excluding carboxylic acids is 1. The first-order valence-electron chi connectivity index (χ1n) is 7.35. The molecule has 0 saturated heterocycles. The molecule has 0 radical (unpaired) electrons. The summed E-state index contributed by atoms with van der Waals surface area (Å²) < 4.78 is 7.48. The molecule has 1 aromatic carbocycles. The number of fused-ring (bicyclic) bond motifs is 1. The van der Waals surface area contributed by atoms with Crippen LogP contribution in [0, 0.1) is 13.8 Å². The average molecular weight is 365 g/mol. The van der Waals surface area contributed by atoms with Crippen LogP contribution in [0.3, 0.4) is 0 Å². The van der Waals surface area contributed by atoms with Crippen molar-refractivity contribution < 1.29 is 9.53 Å². The summed E-state index contributed by atoms with van der Waals surface area (Å²) >= 11 is 7.38. The van der Waals surface area contributed by atoms with E-state index in [2.05, 4.69) is 15.4 Å². The molecule has 126 valence electrons. The Balaban J connectivity index is 1.75. The molecule has 3 rings (SSSR count). The Kier molecular flexibility index (Phi) is 4.23. The number of nitrogens with one attached hydrogen (secondary N) is 1. The maximum atomic E-state index is 12.5. The van der Waals surface area contributed by atoms with Crippen LogP contribution in [0.5, 0.6) is 5.75 Å². The summed E-state index contributed by atoms with van der Waals surface area (Å²) in [6, 6.07) is 6.85. The third kappa shape index (κ3) is 3.22. The Morgan fingerprint density at radius 3 is 2.58 bits per heavy atom. The molecule has 6 nitrogen and oxygen atoms in total.